The molecule has 6 nitrogen and oxygen atoms in total. The van der Waals surface area contributed by atoms with Crippen LogP contribution in [0.2, 0.25) is 0 Å². The first kappa shape index (κ1) is 12.2. The number of anilines is 1. The van der Waals surface area contributed by atoms with E-state index in [1.165, 1.54) is 0 Å². The Morgan fingerprint density at radius 1 is 1.50 bits per heavy atom. The third kappa shape index (κ3) is 5.78. The predicted molar refractivity (Wildman–Crippen MR) is 52.4 cm³/mol. The zero-order chi connectivity index (χ0) is 11.0. The second-order valence-electron chi connectivity index (χ2n) is 2.36. The fourth-order valence-electron chi connectivity index (χ4n) is 0.802. The Morgan fingerprint density at radius 3 is 2.29 bits per heavy atom. The van der Waals surface area contributed by atoms with Gasteiger partial charge in [-0.05, 0) is 19.1 Å². The minimum atomic E-state index is -1.50. The van der Waals surface area contributed by atoms with Gasteiger partial charge in [0.25, 0.3) is 5.09 Å². The van der Waals surface area contributed by atoms with Gasteiger partial charge in [0.15, 0.2) is 0 Å². The Hall–Kier alpha value is -1.82. The molecular weight excluding hydrogens is 186 g/mol. The van der Waals surface area contributed by atoms with Crippen LogP contribution >= 0.6 is 0 Å². The number of rotatable bonds is 2. The van der Waals surface area contributed by atoms with Crippen LogP contribution in [0.15, 0.2) is 30.3 Å². The molecule has 0 saturated carbocycles. The number of hydrogen-bond donors (Lipinski definition) is 2. The molecule has 1 aromatic carbocycles. The average Bonchev–Trinajstić information content (AvgIpc) is 2.17. The van der Waals surface area contributed by atoms with Crippen molar-refractivity contribution in [3.05, 3.63) is 40.4 Å². The molecule has 0 spiro atoms. The monoisotopic (exact) mass is 199 g/mol. The summed E-state index contributed by atoms with van der Waals surface area (Å²) >= 11 is 0. The van der Waals surface area contributed by atoms with Gasteiger partial charge < -0.3 is 10.2 Å². The Kier molecular flexibility index (Phi) is 5.80. The second-order valence-corrected chi connectivity index (χ2v) is 2.36. The summed E-state index contributed by atoms with van der Waals surface area (Å²) in [5.41, 5.74) is 1.06. The zero-order valence-electron chi connectivity index (χ0n) is 7.83. The lowest BCUT2D eigenvalue weighted by Crippen LogP contribution is -2.29. The van der Waals surface area contributed by atoms with Crippen molar-refractivity contribution in [1.82, 2.24) is 0 Å². The lowest BCUT2D eigenvalue weighted by molar-refractivity contribution is -0.742. The summed E-state index contributed by atoms with van der Waals surface area (Å²) < 4.78 is 0. The lowest BCUT2D eigenvalue weighted by atomic mass is 10.3. The summed E-state index contributed by atoms with van der Waals surface area (Å²) in [5, 5.41) is 15.3. The van der Waals surface area contributed by atoms with Crippen LogP contribution in [0.5, 0.6) is 0 Å². The summed E-state index contributed by atoms with van der Waals surface area (Å²) in [7, 11) is 0. The van der Waals surface area contributed by atoms with Gasteiger partial charge in [-0.1, -0.05) is 18.2 Å². The van der Waals surface area contributed by atoms with Gasteiger partial charge in [-0.25, -0.2) is 5.84 Å². The molecule has 1 aromatic rings. The number of hydrazine groups is 1. The minimum Gasteiger partial charge on any atom is -0.328 e. The maximum Gasteiger partial charge on any atom is 0.291 e. The topological polar surface area (TPSA) is 92.6 Å². The van der Waals surface area contributed by atoms with Crippen LogP contribution in [-0.2, 0) is 0 Å². The molecule has 0 atom stereocenters. The smallest absolute Gasteiger partial charge is 0.291 e. The van der Waals surface area contributed by atoms with E-state index in [1.807, 2.05) is 37.3 Å². The minimum absolute atomic E-state index is 0.837. The molecule has 0 aliphatic rings. The Bertz CT molecular complexity index is 262. The van der Waals surface area contributed by atoms with E-state index in [9.17, 15) is 0 Å². The van der Waals surface area contributed by atoms with Crippen molar-refractivity contribution in [1.29, 1.82) is 0 Å². The number of nitrogens with zero attached hydrogens (tertiary/aromatic N) is 2. The average molecular weight is 199 g/mol. The molecule has 0 aromatic heterocycles. The first-order chi connectivity index (χ1) is 6.57. The van der Waals surface area contributed by atoms with Crippen LogP contribution in [0.4, 0.5) is 5.69 Å². The van der Waals surface area contributed by atoms with Crippen molar-refractivity contribution in [3.63, 3.8) is 0 Å². The molecular formula is C8H13N3O3. The van der Waals surface area contributed by atoms with Gasteiger partial charge in [0.05, 0.1) is 5.69 Å². The van der Waals surface area contributed by atoms with Gasteiger partial charge in [-0.2, -0.15) is 0 Å². The molecule has 0 heterocycles. The summed E-state index contributed by atoms with van der Waals surface area (Å²) in [5.74, 6) is 5.63. The molecule has 0 radical (unpaired) electrons. The van der Waals surface area contributed by atoms with Gasteiger partial charge in [-0.15, -0.1) is 10.1 Å². The SMILES string of the molecule is CCN(N)c1ccccc1.O=[N+]([O-])O. The van der Waals surface area contributed by atoms with Crippen LogP contribution in [0, 0.1) is 10.1 Å². The summed E-state index contributed by atoms with van der Waals surface area (Å²) in [6.45, 7) is 2.86. The van der Waals surface area contributed by atoms with Crippen molar-refractivity contribution >= 4 is 5.69 Å². The highest BCUT2D eigenvalue weighted by Crippen LogP contribution is 2.07. The van der Waals surface area contributed by atoms with Crippen LogP contribution in [-0.4, -0.2) is 16.8 Å². The molecule has 0 saturated heterocycles. The normalized spacial score (nSPS) is 8.43. The third-order valence-electron chi connectivity index (χ3n) is 1.43. The Labute approximate surface area is 81.6 Å². The number of hydrogen-bond acceptors (Lipinski definition) is 4. The van der Waals surface area contributed by atoms with E-state index in [2.05, 4.69) is 0 Å². The summed E-state index contributed by atoms with van der Waals surface area (Å²) in [4.78, 5) is 8.36. The predicted octanol–water partition coefficient (Wildman–Crippen LogP) is 1.04. The Morgan fingerprint density at radius 2 is 1.93 bits per heavy atom. The Balaban J connectivity index is 0.000000364. The van der Waals surface area contributed by atoms with Crippen molar-refractivity contribution < 1.29 is 10.3 Å². The first-order valence-electron chi connectivity index (χ1n) is 3.98. The van der Waals surface area contributed by atoms with E-state index in [0.717, 1.165) is 12.2 Å². The van der Waals surface area contributed by atoms with E-state index in [1.54, 1.807) is 5.01 Å². The molecule has 1 rings (SSSR count). The van der Waals surface area contributed by atoms with Crippen LogP contribution < -0.4 is 10.9 Å². The van der Waals surface area contributed by atoms with Crippen LogP contribution in [0.25, 0.3) is 0 Å². The fourth-order valence-corrected chi connectivity index (χ4v) is 0.802. The van der Waals surface area contributed by atoms with Crippen LogP contribution in [0.1, 0.15) is 6.92 Å². The quantitative estimate of drug-likeness (QED) is 0.421. The van der Waals surface area contributed by atoms with E-state index >= 15 is 0 Å². The number of nitrogens with two attached hydrogens (primary N) is 1. The van der Waals surface area contributed by atoms with E-state index in [4.69, 9.17) is 21.2 Å². The summed E-state index contributed by atoms with van der Waals surface area (Å²) in [6, 6.07) is 9.91. The molecule has 3 N–H and O–H groups in total. The van der Waals surface area contributed by atoms with Crippen molar-refractivity contribution in [2.45, 2.75) is 6.92 Å². The largest absolute Gasteiger partial charge is 0.328 e. The van der Waals surface area contributed by atoms with E-state index < -0.39 is 5.09 Å². The molecule has 0 unspecified atom stereocenters. The molecule has 0 bridgehead atoms. The molecule has 6 heteroatoms. The standard InChI is InChI=1S/C8H12N2.HNO3/c1-2-10(9)8-6-4-3-5-7-8;2-1(3)4/h3-7H,2,9H2,1H3;(H,2,3,4). The highest BCUT2D eigenvalue weighted by molar-refractivity contribution is 5.43. The summed E-state index contributed by atoms with van der Waals surface area (Å²) in [6.07, 6.45) is 0. The molecule has 0 amide bonds. The molecule has 0 aliphatic carbocycles. The lowest BCUT2D eigenvalue weighted by Gasteiger charge is -2.14. The van der Waals surface area contributed by atoms with E-state index in [0.29, 0.717) is 0 Å². The van der Waals surface area contributed by atoms with Crippen molar-refractivity contribution in [2.75, 3.05) is 11.6 Å². The van der Waals surface area contributed by atoms with Crippen LogP contribution in [0.3, 0.4) is 0 Å². The molecule has 14 heavy (non-hydrogen) atoms. The van der Waals surface area contributed by atoms with Crippen molar-refractivity contribution in [3.8, 4) is 0 Å². The maximum absolute atomic E-state index is 8.36. The highest BCUT2D eigenvalue weighted by Gasteiger charge is 1.93. The maximum atomic E-state index is 8.36. The third-order valence-corrected chi connectivity index (χ3v) is 1.43. The van der Waals surface area contributed by atoms with Crippen molar-refractivity contribution in [2.24, 2.45) is 5.84 Å². The molecule has 0 aliphatic heterocycles. The van der Waals surface area contributed by atoms with Gasteiger partial charge in [0, 0.05) is 6.54 Å². The fraction of sp³-hybridized carbons (Fsp3) is 0.250. The zero-order valence-corrected chi connectivity index (χ0v) is 7.83. The number of para-hydroxylation sites is 1. The van der Waals surface area contributed by atoms with Gasteiger partial charge in [-0.3, -0.25) is 0 Å². The second kappa shape index (κ2) is 6.67. The van der Waals surface area contributed by atoms with Gasteiger partial charge in [0.2, 0.25) is 0 Å². The number of benzene rings is 1. The van der Waals surface area contributed by atoms with Gasteiger partial charge >= 0.3 is 0 Å². The first-order valence-corrected chi connectivity index (χ1v) is 3.98. The molecule has 78 valence electrons. The van der Waals surface area contributed by atoms with E-state index in [-0.39, 0.29) is 0 Å². The van der Waals surface area contributed by atoms with Gasteiger partial charge in [0.1, 0.15) is 0 Å². The molecule has 0 fully saturated rings. The highest BCUT2D eigenvalue weighted by atomic mass is 16.9.